The van der Waals surface area contributed by atoms with Gasteiger partial charge in [-0.25, -0.2) is 0 Å². The van der Waals surface area contributed by atoms with E-state index in [0.29, 0.717) is 0 Å². The number of para-hydroxylation sites is 2. The molecule has 2 aromatic heterocycles. The van der Waals surface area contributed by atoms with Gasteiger partial charge in [-0.1, -0.05) is 218 Å². The molecule has 0 atom stereocenters. The summed E-state index contributed by atoms with van der Waals surface area (Å²) in [5.74, 6) is 0. The van der Waals surface area contributed by atoms with Crippen molar-refractivity contribution in [3.63, 3.8) is 0 Å². The highest BCUT2D eigenvalue weighted by Gasteiger charge is 2.17. The van der Waals surface area contributed by atoms with Crippen molar-refractivity contribution in [3.8, 4) is 89.3 Å². The Kier molecular flexibility index (Phi) is 10.6. The van der Waals surface area contributed by atoms with Crippen LogP contribution >= 0.6 is 0 Å². The quantitative estimate of drug-likeness (QED) is 0.136. The van der Waals surface area contributed by atoms with E-state index in [2.05, 4.69) is 300 Å². The largest absolute Gasteiger partial charge is 0.309 e. The van der Waals surface area contributed by atoms with Gasteiger partial charge in [-0.15, -0.1) is 0 Å². The molecule has 14 rings (SSSR count). The zero-order valence-electron chi connectivity index (χ0n) is 40.6. The van der Waals surface area contributed by atoms with Gasteiger partial charge < -0.3 is 9.13 Å². The molecule has 0 unspecified atom stereocenters. The molecule has 0 spiro atoms. The molecule has 346 valence electrons. The maximum atomic E-state index is 2.39. The Morgan fingerprint density at radius 1 is 0.149 bits per heavy atom. The Balaban J connectivity index is 0.703. The van der Waals surface area contributed by atoms with Gasteiger partial charge in [0.05, 0.1) is 22.1 Å². The van der Waals surface area contributed by atoms with Crippen LogP contribution in [-0.4, -0.2) is 9.13 Å². The molecule has 0 amide bonds. The lowest BCUT2D eigenvalue weighted by Gasteiger charge is -2.10. The molecule has 14 aromatic rings. The van der Waals surface area contributed by atoms with Crippen LogP contribution in [0.25, 0.3) is 133 Å². The first kappa shape index (κ1) is 43.1. The summed E-state index contributed by atoms with van der Waals surface area (Å²) < 4.78 is 4.77. The predicted molar refractivity (Wildman–Crippen MR) is 313 cm³/mol. The van der Waals surface area contributed by atoms with Gasteiger partial charge in [-0.2, -0.15) is 0 Å². The third-order valence-electron chi connectivity index (χ3n) is 15.0. The van der Waals surface area contributed by atoms with E-state index in [1.807, 2.05) is 0 Å². The Hall–Kier alpha value is -9.76. The van der Waals surface area contributed by atoms with Crippen LogP contribution in [0.15, 0.2) is 291 Å². The lowest BCUT2D eigenvalue weighted by atomic mass is 9.96. The van der Waals surface area contributed by atoms with Gasteiger partial charge >= 0.3 is 0 Å². The lowest BCUT2D eigenvalue weighted by molar-refractivity contribution is 1.18. The molecule has 0 aliphatic rings. The summed E-state index contributed by atoms with van der Waals surface area (Å²) in [6.07, 6.45) is 0. The maximum absolute atomic E-state index is 2.39. The van der Waals surface area contributed by atoms with Crippen LogP contribution in [-0.2, 0) is 0 Å². The van der Waals surface area contributed by atoms with Crippen molar-refractivity contribution < 1.29 is 0 Å². The van der Waals surface area contributed by atoms with Gasteiger partial charge in [0.1, 0.15) is 0 Å². The van der Waals surface area contributed by atoms with Crippen molar-refractivity contribution in [1.29, 1.82) is 0 Å². The number of benzene rings is 12. The van der Waals surface area contributed by atoms with Crippen LogP contribution in [0.1, 0.15) is 0 Å². The SMILES string of the molecule is c1ccc(-c2ccc3c(c2)c2cc(-c4ccc(-c5ccc(-c6ccc(-c7ccc(-c8ccc9c(c8)c8cc(-c%10ccccc%10)ccc8n9-c8ccccc8)cc7)cc6)cc5)cc4)ccc2n3-c2ccccc2)cc1. The zero-order chi connectivity index (χ0) is 49.0. The average molecular weight is 941 g/mol. The molecule has 2 nitrogen and oxygen atoms in total. The summed E-state index contributed by atoms with van der Waals surface area (Å²) in [6.45, 7) is 0. The van der Waals surface area contributed by atoms with E-state index < -0.39 is 0 Å². The van der Waals surface area contributed by atoms with E-state index in [-0.39, 0.29) is 0 Å². The summed E-state index contributed by atoms with van der Waals surface area (Å²) >= 11 is 0. The third-order valence-corrected chi connectivity index (χ3v) is 15.0. The number of fused-ring (bicyclic) bond motifs is 6. The molecule has 0 aliphatic heterocycles. The van der Waals surface area contributed by atoms with Crippen LogP contribution in [0, 0.1) is 0 Å². The van der Waals surface area contributed by atoms with Crippen LogP contribution in [0.5, 0.6) is 0 Å². The monoisotopic (exact) mass is 940 g/mol. The first-order valence-electron chi connectivity index (χ1n) is 25.5. The third kappa shape index (κ3) is 7.69. The van der Waals surface area contributed by atoms with Crippen molar-refractivity contribution >= 4 is 43.6 Å². The molecule has 0 N–H and O–H groups in total. The molecule has 12 aromatic carbocycles. The molecule has 0 saturated heterocycles. The number of hydrogen-bond acceptors (Lipinski definition) is 0. The van der Waals surface area contributed by atoms with Crippen molar-refractivity contribution in [1.82, 2.24) is 9.13 Å². The zero-order valence-corrected chi connectivity index (χ0v) is 40.6. The molecule has 0 bridgehead atoms. The van der Waals surface area contributed by atoms with E-state index in [1.165, 1.54) is 122 Å². The summed E-state index contributed by atoms with van der Waals surface area (Å²) in [5, 5.41) is 5.00. The van der Waals surface area contributed by atoms with Gasteiger partial charge in [0.15, 0.2) is 0 Å². The van der Waals surface area contributed by atoms with Crippen molar-refractivity contribution in [2.75, 3.05) is 0 Å². The Bertz CT molecular complexity index is 4040. The highest BCUT2D eigenvalue weighted by molar-refractivity contribution is 6.13. The fourth-order valence-electron chi connectivity index (χ4n) is 11.2. The van der Waals surface area contributed by atoms with Gasteiger partial charge in [-0.3, -0.25) is 0 Å². The molecular formula is C72H48N2. The van der Waals surface area contributed by atoms with Gasteiger partial charge in [-0.05, 0) is 151 Å². The number of nitrogens with zero attached hydrogens (tertiary/aromatic N) is 2. The van der Waals surface area contributed by atoms with Gasteiger partial charge in [0, 0.05) is 32.9 Å². The lowest BCUT2D eigenvalue weighted by Crippen LogP contribution is -1.93. The Morgan fingerprint density at radius 3 is 0.554 bits per heavy atom. The van der Waals surface area contributed by atoms with Gasteiger partial charge in [0.25, 0.3) is 0 Å². The van der Waals surface area contributed by atoms with Crippen LogP contribution in [0.4, 0.5) is 0 Å². The molecule has 0 fully saturated rings. The maximum Gasteiger partial charge on any atom is 0.0541 e. The molecule has 0 radical (unpaired) electrons. The van der Waals surface area contributed by atoms with E-state index in [0.717, 1.165) is 11.4 Å². The van der Waals surface area contributed by atoms with E-state index in [4.69, 9.17) is 0 Å². The Morgan fingerprint density at radius 2 is 0.324 bits per heavy atom. The number of hydrogen-bond donors (Lipinski definition) is 0. The summed E-state index contributed by atoms with van der Waals surface area (Å²) in [7, 11) is 0. The minimum absolute atomic E-state index is 1.16. The van der Waals surface area contributed by atoms with E-state index >= 15 is 0 Å². The standard InChI is InChI=1S/C72H48N2/c1-5-13-49(14-6-1)59-37-41-69-65(45-59)67-47-61(39-43-71(67)73(69)63-17-9-3-10-18-63)57-33-29-55(30-34-57)53-25-21-51(22-26-53)52-23-27-54(28-24-52)56-31-35-58(36-32-56)62-40-44-72-68(48-62)66-46-60(50-15-7-2-8-16-50)38-42-70(66)74(72)64-19-11-4-12-20-64/h1-48H. The van der Waals surface area contributed by atoms with E-state index in [9.17, 15) is 0 Å². The average Bonchev–Trinajstić information content (AvgIpc) is 4.02. The molecule has 2 heteroatoms. The minimum Gasteiger partial charge on any atom is -0.309 e. The van der Waals surface area contributed by atoms with Gasteiger partial charge in [0.2, 0.25) is 0 Å². The molecular weight excluding hydrogens is 893 g/mol. The second-order valence-corrected chi connectivity index (χ2v) is 19.3. The van der Waals surface area contributed by atoms with Crippen molar-refractivity contribution in [3.05, 3.63) is 291 Å². The number of aromatic nitrogens is 2. The second kappa shape index (κ2) is 18.1. The molecule has 2 heterocycles. The Labute approximate surface area is 431 Å². The highest BCUT2D eigenvalue weighted by Crippen LogP contribution is 2.40. The molecule has 0 saturated carbocycles. The van der Waals surface area contributed by atoms with E-state index in [1.54, 1.807) is 0 Å². The predicted octanol–water partition coefficient (Wildman–Crippen LogP) is 19.5. The smallest absolute Gasteiger partial charge is 0.0541 e. The fourth-order valence-corrected chi connectivity index (χ4v) is 11.2. The van der Waals surface area contributed by atoms with Crippen LogP contribution < -0.4 is 0 Å². The van der Waals surface area contributed by atoms with Crippen LogP contribution in [0.2, 0.25) is 0 Å². The second-order valence-electron chi connectivity index (χ2n) is 19.3. The number of rotatable bonds is 9. The summed E-state index contributed by atoms with van der Waals surface area (Å²) in [5.41, 5.74) is 24.0. The van der Waals surface area contributed by atoms with Crippen LogP contribution in [0.3, 0.4) is 0 Å². The molecule has 0 aliphatic carbocycles. The van der Waals surface area contributed by atoms with Crippen molar-refractivity contribution in [2.45, 2.75) is 0 Å². The topological polar surface area (TPSA) is 9.86 Å². The first-order valence-corrected chi connectivity index (χ1v) is 25.5. The minimum atomic E-state index is 1.16. The van der Waals surface area contributed by atoms with Crippen molar-refractivity contribution in [2.24, 2.45) is 0 Å². The molecule has 74 heavy (non-hydrogen) atoms. The normalized spacial score (nSPS) is 11.5. The highest BCUT2D eigenvalue weighted by atomic mass is 15.0. The summed E-state index contributed by atoms with van der Waals surface area (Å²) in [6, 6.07) is 106. The fraction of sp³-hybridized carbons (Fsp3) is 0. The first-order chi connectivity index (χ1) is 36.7. The summed E-state index contributed by atoms with van der Waals surface area (Å²) in [4.78, 5) is 0.